The lowest BCUT2D eigenvalue weighted by Gasteiger charge is -2.20. The van der Waals surface area contributed by atoms with Gasteiger partial charge in [0.15, 0.2) is 0 Å². The van der Waals surface area contributed by atoms with Crippen molar-refractivity contribution in [3.63, 3.8) is 0 Å². The van der Waals surface area contributed by atoms with Gasteiger partial charge in [0.05, 0.1) is 0 Å². The Morgan fingerprint density at radius 3 is 2.62 bits per heavy atom. The van der Waals surface area contributed by atoms with Crippen LogP contribution in [0.15, 0.2) is 23.2 Å². The number of pyridine rings is 1. The molecule has 1 rings (SSSR count). The standard InChI is InChI=1S/C14H22N4O2S/c1-12(2)18(3)9-5-4-8-17-21(19,20)14-7-6-13(10-15)16-11-14/h6-7,11-12,17H,4-5,8-9H2,1-3H3. The molecule has 0 saturated carbocycles. The molecule has 1 N–H and O–H groups in total. The molecule has 0 aromatic carbocycles. The topological polar surface area (TPSA) is 86.1 Å². The molecule has 1 aromatic rings. The second kappa shape index (κ2) is 8.08. The number of hydrogen-bond acceptors (Lipinski definition) is 5. The van der Waals surface area contributed by atoms with Crippen LogP contribution in [-0.4, -0.2) is 44.5 Å². The van der Waals surface area contributed by atoms with Crippen molar-refractivity contribution in [2.75, 3.05) is 20.1 Å². The van der Waals surface area contributed by atoms with Crippen LogP contribution >= 0.6 is 0 Å². The first kappa shape index (κ1) is 17.6. The van der Waals surface area contributed by atoms with Crippen LogP contribution in [-0.2, 0) is 10.0 Å². The summed E-state index contributed by atoms with van der Waals surface area (Å²) in [4.78, 5) is 6.07. The van der Waals surface area contributed by atoms with Gasteiger partial charge in [-0.25, -0.2) is 18.1 Å². The van der Waals surface area contributed by atoms with E-state index in [1.54, 1.807) is 0 Å². The van der Waals surface area contributed by atoms with Crippen LogP contribution in [0.3, 0.4) is 0 Å². The molecule has 1 aromatic heterocycles. The van der Waals surface area contributed by atoms with Gasteiger partial charge in [0, 0.05) is 18.8 Å². The summed E-state index contributed by atoms with van der Waals surface area (Å²) in [5, 5.41) is 8.63. The highest BCUT2D eigenvalue weighted by atomic mass is 32.2. The van der Waals surface area contributed by atoms with Crippen LogP contribution in [0.1, 0.15) is 32.4 Å². The second-order valence-corrected chi connectivity index (χ2v) is 6.94. The van der Waals surface area contributed by atoms with Crippen LogP contribution < -0.4 is 4.72 Å². The summed E-state index contributed by atoms with van der Waals surface area (Å²) in [6.07, 6.45) is 2.91. The van der Waals surface area contributed by atoms with E-state index in [0.29, 0.717) is 12.6 Å². The molecule has 0 aliphatic carbocycles. The first-order valence-corrected chi connectivity index (χ1v) is 8.41. The third kappa shape index (κ3) is 5.79. The van der Waals surface area contributed by atoms with Gasteiger partial charge in [-0.15, -0.1) is 0 Å². The highest BCUT2D eigenvalue weighted by Gasteiger charge is 2.13. The summed E-state index contributed by atoms with van der Waals surface area (Å²) in [5.74, 6) is 0. The van der Waals surface area contributed by atoms with Crippen LogP contribution in [0, 0.1) is 11.3 Å². The predicted molar refractivity (Wildman–Crippen MR) is 81.1 cm³/mol. The minimum atomic E-state index is -3.54. The lowest BCUT2D eigenvalue weighted by Crippen LogP contribution is -2.29. The Morgan fingerprint density at radius 2 is 2.10 bits per heavy atom. The maximum atomic E-state index is 12.0. The van der Waals surface area contributed by atoms with Gasteiger partial charge >= 0.3 is 0 Å². The second-order valence-electron chi connectivity index (χ2n) is 5.17. The molecule has 7 heteroatoms. The monoisotopic (exact) mass is 310 g/mol. The smallest absolute Gasteiger partial charge is 0.242 e. The highest BCUT2D eigenvalue weighted by Crippen LogP contribution is 2.07. The van der Waals surface area contributed by atoms with Crippen LogP contribution in [0.5, 0.6) is 0 Å². The summed E-state index contributed by atoms with van der Waals surface area (Å²) < 4.78 is 26.5. The molecule has 0 fully saturated rings. The minimum Gasteiger partial charge on any atom is -0.304 e. The molecule has 0 radical (unpaired) electrons. The summed E-state index contributed by atoms with van der Waals surface area (Å²) in [7, 11) is -1.48. The largest absolute Gasteiger partial charge is 0.304 e. The molecule has 116 valence electrons. The first-order valence-electron chi connectivity index (χ1n) is 6.93. The van der Waals surface area contributed by atoms with E-state index >= 15 is 0 Å². The Balaban J connectivity index is 2.41. The van der Waals surface area contributed by atoms with Gasteiger partial charge < -0.3 is 4.90 Å². The van der Waals surface area contributed by atoms with Crippen molar-refractivity contribution in [2.45, 2.75) is 37.6 Å². The molecule has 0 spiro atoms. The average Bonchev–Trinajstić information content (AvgIpc) is 2.46. The molecule has 0 amide bonds. The minimum absolute atomic E-state index is 0.0841. The normalized spacial score (nSPS) is 11.8. The quantitative estimate of drug-likeness (QED) is 0.733. The fraction of sp³-hybridized carbons (Fsp3) is 0.571. The molecular weight excluding hydrogens is 288 g/mol. The number of nitriles is 1. The fourth-order valence-electron chi connectivity index (χ4n) is 1.64. The van der Waals surface area contributed by atoms with Gasteiger partial charge in [-0.3, -0.25) is 0 Å². The van der Waals surface area contributed by atoms with Crippen molar-refractivity contribution in [3.8, 4) is 6.07 Å². The molecular formula is C14H22N4O2S. The summed E-state index contributed by atoms with van der Waals surface area (Å²) in [5.41, 5.74) is 0.200. The zero-order valence-corrected chi connectivity index (χ0v) is 13.5. The van der Waals surface area contributed by atoms with Crippen LogP contribution in [0.25, 0.3) is 0 Å². The summed E-state index contributed by atoms with van der Waals surface area (Å²) >= 11 is 0. The SMILES string of the molecule is CC(C)N(C)CCCCNS(=O)(=O)c1ccc(C#N)nc1. The molecule has 0 aliphatic heterocycles. The van der Waals surface area contributed by atoms with Crippen molar-refractivity contribution in [1.29, 1.82) is 5.26 Å². The Bertz CT molecular complexity index is 576. The molecule has 0 saturated heterocycles. The highest BCUT2D eigenvalue weighted by molar-refractivity contribution is 7.89. The van der Waals surface area contributed by atoms with Gasteiger partial charge in [0.25, 0.3) is 0 Å². The molecule has 0 bridgehead atoms. The third-order valence-electron chi connectivity index (χ3n) is 3.27. The maximum absolute atomic E-state index is 12.0. The van der Waals surface area contributed by atoms with E-state index in [2.05, 4.69) is 35.5 Å². The van der Waals surface area contributed by atoms with Crippen molar-refractivity contribution in [1.82, 2.24) is 14.6 Å². The van der Waals surface area contributed by atoms with E-state index in [9.17, 15) is 8.42 Å². The van der Waals surface area contributed by atoms with E-state index in [1.165, 1.54) is 18.3 Å². The zero-order valence-electron chi connectivity index (χ0n) is 12.7. The Kier molecular flexibility index (Phi) is 6.75. The lowest BCUT2D eigenvalue weighted by molar-refractivity contribution is 0.268. The van der Waals surface area contributed by atoms with E-state index < -0.39 is 10.0 Å². The number of unbranched alkanes of at least 4 members (excludes halogenated alkanes) is 1. The molecule has 0 atom stereocenters. The van der Waals surface area contributed by atoms with Crippen molar-refractivity contribution >= 4 is 10.0 Å². The van der Waals surface area contributed by atoms with Crippen LogP contribution in [0.2, 0.25) is 0 Å². The average molecular weight is 310 g/mol. The van der Waals surface area contributed by atoms with E-state index in [4.69, 9.17) is 5.26 Å². The van der Waals surface area contributed by atoms with Crippen molar-refractivity contribution in [3.05, 3.63) is 24.0 Å². The number of rotatable bonds is 8. The Labute approximate surface area is 126 Å². The van der Waals surface area contributed by atoms with Gasteiger partial charge in [-0.1, -0.05) is 0 Å². The van der Waals surface area contributed by atoms with E-state index in [0.717, 1.165) is 19.4 Å². The zero-order chi connectivity index (χ0) is 15.9. The van der Waals surface area contributed by atoms with E-state index in [-0.39, 0.29) is 10.6 Å². The van der Waals surface area contributed by atoms with Crippen molar-refractivity contribution in [2.24, 2.45) is 0 Å². The number of aromatic nitrogens is 1. The Morgan fingerprint density at radius 1 is 1.38 bits per heavy atom. The molecule has 0 aliphatic rings. The van der Waals surface area contributed by atoms with Gasteiger partial charge in [0.1, 0.15) is 16.7 Å². The molecule has 6 nitrogen and oxygen atoms in total. The molecule has 0 unspecified atom stereocenters. The van der Waals surface area contributed by atoms with Crippen LogP contribution in [0.4, 0.5) is 0 Å². The van der Waals surface area contributed by atoms with E-state index in [1.807, 2.05) is 6.07 Å². The summed E-state index contributed by atoms with van der Waals surface area (Å²) in [6, 6.07) is 5.13. The number of hydrogen-bond donors (Lipinski definition) is 1. The fourth-order valence-corrected chi connectivity index (χ4v) is 2.66. The lowest BCUT2D eigenvalue weighted by atomic mass is 10.2. The van der Waals surface area contributed by atoms with Gasteiger partial charge in [-0.05, 0) is 52.4 Å². The molecule has 21 heavy (non-hydrogen) atoms. The Hall–Kier alpha value is -1.49. The number of nitrogens with one attached hydrogen (secondary N) is 1. The van der Waals surface area contributed by atoms with Gasteiger partial charge in [0.2, 0.25) is 10.0 Å². The number of nitrogens with zero attached hydrogens (tertiary/aromatic N) is 3. The molecule has 1 heterocycles. The summed E-state index contributed by atoms with van der Waals surface area (Å²) in [6.45, 7) is 5.59. The predicted octanol–water partition coefficient (Wildman–Crippen LogP) is 1.35. The first-order chi connectivity index (χ1) is 9.86. The maximum Gasteiger partial charge on any atom is 0.242 e. The van der Waals surface area contributed by atoms with Crippen molar-refractivity contribution < 1.29 is 8.42 Å². The third-order valence-corrected chi connectivity index (χ3v) is 4.72. The van der Waals surface area contributed by atoms with Gasteiger partial charge in [-0.2, -0.15) is 5.26 Å². The number of sulfonamides is 1.